The van der Waals surface area contributed by atoms with Crippen molar-refractivity contribution in [3.63, 3.8) is 0 Å². The fraction of sp³-hybridized carbons (Fsp3) is 0.176. The summed E-state index contributed by atoms with van der Waals surface area (Å²) < 4.78 is 1.56. The standard InChI is InChI=1S/C17H17ClN4S2/c1-12-2-4-13(5-3-12)16-20-21-17(22(16)19)24-11-10-23-15-8-6-14(18)7-9-15/h2-9H,10-11,19H2,1H3. The minimum atomic E-state index is 0.683. The number of nitrogens with two attached hydrogens (primary N) is 1. The number of halogens is 1. The second-order valence-corrected chi connectivity index (χ2v) is 7.86. The molecule has 1 aromatic heterocycles. The van der Waals surface area contributed by atoms with Crippen LogP contribution in [-0.2, 0) is 0 Å². The van der Waals surface area contributed by atoms with E-state index in [-0.39, 0.29) is 0 Å². The fourth-order valence-corrected chi connectivity index (χ4v) is 3.96. The van der Waals surface area contributed by atoms with E-state index in [0.29, 0.717) is 5.82 Å². The first kappa shape index (κ1) is 17.2. The molecule has 0 aliphatic rings. The van der Waals surface area contributed by atoms with Gasteiger partial charge in [-0.3, -0.25) is 0 Å². The zero-order valence-electron chi connectivity index (χ0n) is 13.1. The number of hydrogen-bond acceptors (Lipinski definition) is 5. The summed E-state index contributed by atoms with van der Waals surface area (Å²) in [6.45, 7) is 2.05. The summed E-state index contributed by atoms with van der Waals surface area (Å²) >= 11 is 9.27. The molecule has 4 nitrogen and oxygen atoms in total. The molecule has 0 fully saturated rings. The Morgan fingerprint density at radius 3 is 2.33 bits per heavy atom. The number of thioether (sulfide) groups is 2. The van der Waals surface area contributed by atoms with Crippen molar-refractivity contribution in [3.05, 3.63) is 59.1 Å². The molecule has 0 amide bonds. The second kappa shape index (κ2) is 7.96. The van der Waals surface area contributed by atoms with Crippen LogP contribution in [0.2, 0.25) is 5.02 Å². The third-order valence-corrected chi connectivity index (χ3v) is 5.84. The number of nitrogens with zero attached hydrogens (tertiary/aromatic N) is 3. The van der Waals surface area contributed by atoms with E-state index in [1.165, 1.54) is 10.5 Å². The molecule has 0 saturated carbocycles. The van der Waals surface area contributed by atoms with Crippen LogP contribution in [0.15, 0.2) is 58.6 Å². The van der Waals surface area contributed by atoms with Gasteiger partial charge in [-0.15, -0.1) is 22.0 Å². The molecular weight excluding hydrogens is 360 g/mol. The Morgan fingerprint density at radius 1 is 0.958 bits per heavy atom. The van der Waals surface area contributed by atoms with E-state index in [0.717, 1.165) is 27.2 Å². The summed E-state index contributed by atoms with van der Waals surface area (Å²) in [4.78, 5) is 1.20. The highest BCUT2D eigenvalue weighted by molar-refractivity contribution is 8.02. The van der Waals surface area contributed by atoms with Gasteiger partial charge in [0.25, 0.3) is 0 Å². The number of benzene rings is 2. The first-order chi connectivity index (χ1) is 11.6. The Balaban J connectivity index is 1.56. The van der Waals surface area contributed by atoms with Crippen LogP contribution in [0.5, 0.6) is 0 Å². The van der Waals surface area contributed by atoms with E-state index < -0.39 is 0 Å². The van der Waals surface area contributed by atoms with Crippen LogP contribution in [0, 0.1) is 6.92 Å². The van der Waals surface area contributed by atoms with E-state index in [9.17, 15) is 0 Å². The summed E-state index contributed by atoms with van der Waals surface area (Å²) in [5.74, 6) is 8.67. The third kappa shape index (κ3) is 4.26. The molecule has 0 aliphatic heterocycles. The van der Waals surface area contributed by atoms with Crippen LogP contribution < -0.4 is 5.84 Å². The van der Waals surface area contributed by atoms with Gasteiger partial charge in [-0.25, -0.2) is 4.68 Å². The SMILES string of the molecule is Cc1ccc(-c2nnc(SCCSc3ccc(Cl)cc3)n2N)cc1. The molecular formula is C17H17ClN4S2. The second-order valence-electron chi connectivity index (χ2n) is 5.19. The topological polar surface area (TPSA) is 56.7 Å². The summed E-state index contributed by atoms with van der Waals surface area (Å²) in [6, 6.07) is 16.0. The Kier molecular flexibility index (Phi) is 5.71. The normalized spacial score (nSPS) is 10.9. The number of hydrogen-bond donors (Lipinski definition) is 1. The molecule has 0 spiro atoms. The van der Waals surface area contributed by atoms with E-state index in [1.54, 1.807) is 28.2 Å². The van der Waals surface area contributed by atoms with E-state index in [1.807, 2.05) is 48.5 Å². The number of aryl methyl sites for hydroxylation is 1. The number of nitrogen functional groups attached to an aromatic ring is 1. The predicted octanol–water partition coefficient (Wildman–Crippen LogP) is 4.51. The Hall–Kier alpha value is -1.63. The molecule has 124 valence electrons. The molecule has 7 heteroatoms. The van der Waals surface area contributed by atoms with Crippen molar-refractivity contribution in [2.75, 3.05) is 17.3 Å². The lowest BCUT2D eigenvalue weighted by Gasteiger charge is -2.04. The van der Waals surface area contributed by atoms with Gasteiger partial charge < -0.3 is 5.84 Å². The summed E-state index contributed by atoms with van der Waals surface area (Å²) in [5.41, 5.74) is 2.17. The van der Waals surface area contributed by atoms with Crippen molar-refractivity contribution >= 4 is 35.1 Å². The number of aromatic nitrogens is 3. The molecule has 0 unspecified atom stereocenters. The summed E-state index contributed by atoms with van der Waals surface area (Å²) in [6.07, 6.45) is 0. The van der Waals surface area contributed by atoms with E-state index in [2.05, 4.69) is 17.1 Å². The van der Waals surface area contributed by atoms with Crippen LogP contribution in [0.3, 0.4) is 0 Å². The maximum absolute atomic E-state index is 6.13. The molecule has 2 aromatic carbocycles. The van der Waals surface area contributed by atoms with Gasteiger partial charge in [-0.05, 0) is 31.2 Å². The maximum Gasteiger partial charge on any atom is 0.210 e. The van der Waals surface area contributed by atoms with Gasteiger partial charge in [-0.2, -0.15) is 0 Å². The van der Waals surface area contributed by atoms with Crippen LogP contribution >= 0.6 is 35.1 Å². The quantitative estimate of drug-likeness (QED) is 0.390. The first-order valence-corrected chi connectivity index (χ1v) is 9.77. The van der Waals surface area contributed by atoms with Gasteiger partial charge in [0.15, 0.2) is 5.82 Å². The largest absolute Gasteiger partial charge is 0.335 e. The minimum Gasteiger partial charge on any atom is -0.335 e. The van der Waals surface area contributed by atoms with Crippen LogP contribution in [0.4, 0.5) is 0 Å². The molecule has 1 heterocycles. The average molecular weight is 377 g/mol. The van der Waals surface area contributed by atoms with E-state index in [4.69, 9.17) is 17.4 Å². The summed E-state index contributed by atoms with van der Waals surface area (Å²) in [7, 11) is 0. The Bertz CT molecular complexity index is 800. The monoisotopic (exact) mass is 376 g/mol. The molecule has 0 bridgehead atoms. The van der Waals surface area contributed by atoms with Crippen molar-refractivity contribution < 1.29 is 0 Å². The minimum absolute atomic E-state index is 0.683. The smallest absolute Gasteiger partial charge is 0.210 e. The highest BCUT2D eigenvalue weighted by Crippen LogP contribution is 2.25. The lowest BCUT2D eigenvalue weighted by Crippen LogP contribution is -2.11. The fourth-order valence-electron chi connectivity index (χ4n) is 2.10. The molecule has 0 saturated heterocycles. The average Bonchev–Trinajstić information content (AvgIpc) is 2.95. The number of rotatable bonds is 6. The van der Waals surface area contributed by atoms with Gasteiger partial charge in [-0.1, -0.05) is 53.2 Å². The molecule has 3 rings (SSSR count). The van der Waals surface area contributed by atoms with E-state index >= 15 is 0 Å². The zero-order valence-corrected chi connectivity index (χ0v) is 15.5. The lowest BCUT2D eigenvalue weighted by atomic mass is 10.1. The van der Waals surface area contributed by atoms with Gasteiger partial charge >= 0.3 is 0 Å². The lowest BCUT2D eigenvalue weighted by molar-refractivity contribution is 0.850. The van der Waals surface area contributed by atoms with Crippen LogP contribution in [0.1, 0.15) is 5.56 Å². The van der Waals surface area contributed by atoms with Crippen molar-refractivity contribution in [2.45, 2.75) is 17.0 Å². The molecule has 0 aliphatic carbocycles. The van der Waals surface area contributed by atoms with Crippen LogP contribution in [-0.4, -0.2) is 26.4 Å². The zero-order chi connectivity index (χ0) is 16.9. The Labute approximate surface area is 154 Å². The van der Waals surface area contributed by atoms with Crippen LogP contribution in [0.25, 0.3) is 11.4 Å². The summed E-state index contributed by atoms with van der Waals surface area (Å²) in [5, 5.41) is 9.89. The van der Waals surface area contributed by atoms with Gasteiger partial charge in [0, 0.05) is 27.0 Å². The molecule has 24 heavy (non-hydrogen) atoms. The first-order valence-electron chi connectivity index (χ1n) is 7.42. The van der Waals surface area contributed by atoms with Gasteiger partial charge in [0.05, 0.1) is 0 Å². The van der Waals surface area contributed by atoms with Gasteiger partial charge in [0.1, 0.15) is 0 Å². The predicted molar refractivity (Wildman–Crippen MR) is 103 cm³/mol. The third-order valence-electron chi connectivity index (χ3n) is 3.37. The highest BCUT2D eigenvalue weighted by atomic mass is 35.5. The van der Waals surface area contributed by atoms with Crippen molar-refractivity contribution in [3.8, 4) is 11.4 Å². The van der Waals surface area contributed by atoms with Crippen molar-refractivity contribution in [2.24, 2.45) is 0 Å². The Morgan fingerprint density at radius 2 is 1.62 bits per heavy atom. The molecule has 2 N–H and O–H groups in total. The molecule has 0 radical (unpaired) electrons. The van der Waals surface area contributed by atoms with Gasteiger partial charge in [0.2, 0.25) is 5.16 Å². The van der Waals surface area contributed by atoms with Crippen molar-refractivity contribution in [1.29, 1.82) is 0 Å². The molecule has 0 atom stereocenters. The van der Waals surface area contributed by atoms with Crippen molar-refractivity contribution in [1.82, 2.24) is 14.9 Å². The molecule has 3 aromatic rings. The highest BCUT2D eigenvalue weighted by Gasteiger charge is 2.11. The maximum atomic E-state index is 6.13.